The highest BCUT2D eigenvalue weighted by Gasteiger charge is 2.44. The van der Waals surface area contributed by atoms with Crippen molar-refractivity contribution in [1.82, 2.24) is 40.3 Å². The summed E-state index contributed by atoms with van der Waals surface area (Å²) in [5.74, 6) is -1.13. The molecule has 0 spiro atoms. The van der Waals surface area contributed by atoms with Crippen molar-refractivity contribution in [1.29, 1.82) is 0 Å². The van der Waals surface area contributed by atoms with Crippen LogP contribution < -0.4 is 16.0 Å². The van der Waals surface area contributed by atoms with Crippen molar-refractivity contribution >= 4 is 46.6 Å². The van der Waals surface area contributed by atoms with E-state index in [1.165, 1.54) is 22.4 Å². The minimum absolute atomic E-state index is 0.0280. The summed E-state index contributed by atoms with van der Waals surface area (Å²) in [5, 5.41) is 30.2. The van der Waals surface area contributed by atoms with E-state index in [-0.39, 0.29) is 88.3 Å². The monoisotopic (exact) mass is 1090 g/mol. The summed E-state index contributed by atoms with van der Waals surface area (Å²) in [6.07, 6.45) is 1.40. The van der Waals surface area contributed by atoms with Gasteiger partial charge in [0.25, 0.3) is 0 Å². The molecule has 0 bridgehead atoms. The minimum Gasteiger partial charge on any atom is -0.392 e. The average Bonchev–Trinajstić information content (AvgIpc) is 4.03. The van der Waals surface area contributed by atoms with Crippen LogP contribution in [0.15, 0.2) is 66.4 Å². The number of anilines is 1. The number of thiazole rings is 1. The first-order chi connectivity index (χ1) is 37.1. The lowest BCUT2D eigenvalue weighted by Gasteiger charge is -2.39. The van der Waals surface area contributed by atoms with Gasteiger partial charge in [0.05, 0.1) is 87.2 Å². The predicted molar refractivity (Wildman–Crippen MR) is 287 cm³/mol. The van der Waals surface area contributed by atoms with Crippen molar-refractivity contribution in [2.75, 3.05) is 104 Å². The van der Waals surface area contributed by atoms with E-state index in [9.17, 15) is 34.2 Å². The molecule has 22 heteroatoms. The number of benzene rings is 2. The molecule has 2 aromatic heterocycles. The Hall–Kier alpha value is -5.82. The molecule has 3 aliphatic rings. The summed E-state index contributed by atoms with van der Waals surface area (Å²) in [7, 11) is 0. The van der Waals surface area contributed by atoms with Crippen molar-refractivity contribution in [3.8, 4) is 10.4 Å². The van der Waals surface area contributed by atoms with Crippen molar-refractivity contribution in [3.63, 3.8) is 0 Å². The van der Waals surface area contributed by atoms with E-state index in [1.54, 1.807) is 27.8 Å². The highest BCUT2D eigenvalue weighted by Crippen LogP contribution is 2.29. The second kappa shape index (κ2) is 29.2. The molecule has 21 nitrogen and oxygen atoms in total. The summed E-state index contributed by atoms with van der Waals surface area (Å²) < 4.78 is 27.6. The quantitative estimate of drug-likeness (QED) is 0.0372. The molecule has 5 N–H and O–H groups in total. The molecule has 5 heterocycles. The molecular weight excluding hydrogens is 1010 g/mol. The van der Waals surface area contributed by atoms with E-state index < -0.39 is 41.5 Å². The molecule has 4 aromatic rings. The van der Waals surface area contributed by atoms with Gasteiger partial charge in [0.2, 0.25) is 23.6 Å². The normalized spacial score (nSPS) is 17.6. The molecule has 0 saturated carbocycles. The zero-order valence-electron chi connectivity index (χ0n) is 44.7. The SMILES string of the molecule is Cc1ncsc1-c1ccc(CNC(=O)[C@@H]2C[C@@H](O)CN2C(=O)[C@@H](NC(=O)COCCOCCOCCOCCOCC(=O)N2CC(Nc3cc(C(=O)CC[C@H](O)CN4CCc5ccccc5C4)ncn3)C2)C(C)(C)C)cc1. The molecule has 3 aliphatic heterocycles. The highest BCUT2D eigenvalue weighted by atomic mass is 32.1. The number of ether oxygens (including phenoxy) is 5. The van der Waals surface area contributed by atoms with E-state index in [0.29, 0.717) is 64.9 Å². The van der Waals surface area contributed by atoms with Gasteiger partial charge in [-0.3, -0.25) is 28.9 Å². The number of amides is 4. The highest BCUT2D eigenvalue weighted by molar-refractivity contribution is 7.13. The summed E-state index contributed by atoms with van der Waals surface area (Å²) >= 11 is 1.57. The van der Waals surface area contributed by atoms with E-state index >= 15 is 0 Å². The molecule has 0 aliphatic carbocycles. The number of Topliss-reactive ketones (excluding diaryl/α,β-unsaturated/α-hetero) is 1. The number of ketones is 1. The van der Waals surface area contributed by atoms with Crippen LogP contribution in [0, 0.1) is 12.3 Å². The number of carbonyl (C=O) groups is 5. The van der Waals surface area contributed by atoms with Crippen LogP contribution in [0.3, 0.4) is 0 Å². The van der Waals surface area contributed by atoms with Gasteiger partial charge in [0.15, 0.2) is 5.78 Å². The topological polar surface area (TPSA) is 256 Å². The Labute approximate surface area is 454 Å². The number of likely N-dealkylation sites (tertiary alicyclic amines) is 2. The number of fused-ring (bicyclic) bond motifs is 1. The first-order valence-electron chi connectivity index (χ1n) is 26.4. The number of aliphatic hydroxyl groups is 2. The fourth-order valence-corrected chi connectivity index (χ4v) is 10.1. The smallest absolute Gasteiger partial charge is 0.248 e. The number of nitrogens with zero attached hydrogens (tertiary/aromatic N) is 6. The number of rotatable bonds is 30. The third-order valence-electron chi connectivity index (χ3n) is 13.6. The van der Waals surface area contributed by atoms with Crippen LogP contribution >= 0.6 is 11.3 Å². The van der Waals surface area contributed by atoms with Gasteiger partial charge in [-0.1, -0.05) is 69.3 Å². The average molecular weight is 1090 g/mol. The standard InChI is InChI=1S/C55H75N9O12S/c1-37-51(77-36-59-37)40-11-9-38(10-12-40)27-56-53(70)46-25-44(66)32-64(46)54(71)52(55(2,3)4)61-49(68)33-75-23-21-73-19-17-72-18-20-74-22-24-76-34-50(69)63-29-42(30-63)60-48-26-45(57-35-58-48)47(67)14-13-43(65)31-62-16-15-39-7-5-6-8-41(39)28-62/h5-12,26,35-36,42-44,46,52,65-66H,13-25,27-34H2,1-4H3,(H,56,70)(H,61,68)(H,57,58,60)/t43-,44+,46-,52+/m0/s1. The Bertz CT molecular complexity index is 2560. The summed E-state index contributed by atoms with van der Waals surface area (Å²) in [6.45, 7) is 12.5. The molecule has 77 heavy (non-hydrogen) atoms. The lowest BCUT2D eigenvalue weighted by molar-refractivity contribution is -0.144. The number of aromatic nitrogens is 3. The summed E-state index contributed by atoms with van der Waals surface area (Å²) in [4.78, 5) is 84.9. The number of nitrogens with one attached hydrogen (secondary N) is 3. The number of carbonyl (C=O) groups excluding carboxylic acids is 5. The lowest BCUT2D eigenvalue weighted by Crippen LogP contribution is -2.58. The Kier molecular flexibility index (Phi) is 22.3. The molecule has 0 unspecified atom stereocenters. The maximum absolute atomic E-state index is 13.9. The van der Waals surface area contributed by atoms with Gasteiger partial charge in [0, 0.05) is 64.7 Å². The fourth-order valence-electron chi connectivity index (χ4n) is 9.27. The van der Waals surface area contributed by atoms with Crippen molar-refractivity contribution < 1.29 is 57.9 Å². The van der Waals surface area contributed by atoms with E-state index in [1.807, 2.05) is 58.0 Å². The van der Waals surface area contributed by atoms with Gasteiger partial charge in [-0.2, -0.15) is 0 Å². The zero-order valence-corrected chi connectivity index (χ0v) is 45.5. The molecular formula is C55H75N9O12S. The maximum Gasteiger partial charge on any atom is 0.248 e. The zero-order chi connectivity index (χ0) is 54.7. The molecule has 418 valence electrons. The van der Waals surface area contributed by atoms with E-state index in [4.69, 9.17) is 23.7 Å². The van der Waals surface area contributed by atoms with Crippen LogP contribution in [0.2, 0.25) is 0 Å². The Balaban J connectivity index is 0.665. The van der Waals surface area contributed by atoms with Crippen LogP contribution in [0.5, 0.6) is 0 Å². The third kappa shape index (κ3) is 18.1. The Morgan fingerprint density at radius 1 is 0.831 bits per heavy atom. The van der Waals surface area contributed by atoms with Gasteiger partial charge in [-0.25, -0.2) is 15.0 Å². The fraction of sp³-hybridized carbons (Fsp3) is 0.564. The summed E-state index contributed by atoms with van der Waals surface area (Å²) in [6, 6.07) is 15.9. The van der Waals surface area contributed by atoms with Crippen LogP contribution in [0.1, 0.15) is 72.9 Å². The van der Waals surface area contributed by atoms with Gasteiger partial charge < -0.3 is 59.6 Å². The Morgan fingerprint density at radius 2 is 1.49 bits per heavy atom. The van der Waals surface area contributed by atoms with Crippen LogP contribution in [0.25, 0.3) is 10.4 Å². The molecule has 4 amide bonds. The first kappa shape index (κ1) is 58.9. The largest absolute Gasteiger partial charge is 0.392 e. The number of hydrogen-bond acceptors (Lipinski definition) is 18. The van der Waals surface area contributed by atoms with E-state index in [2.05, 4.69) is 54.0 Å². The van der Waals surface area contributed by atoms with Crippen LogP contribution in [-0.4, -0.2) is 198 Å². The molecule has 2 saturated heterocycles. The van der Waals surface area contributed by atoms with Gasteiger partial charge in [-0.15, -0.1) is 11.3 Å². The first-order valence-corrected chi connectivity index (χ1v) is 27.3. The van der Waals surface area contributed by atoms with Gasteiger partial charge in [-0.05, 0) is 47.4 Å². The predicted octanol–water partition coefficient (Wildman–Crippen LogP) is 2.81. The second-order valence-electron chi connectivity index (χ2n) is 20.7. The number of β-amino-alcohol motifs (C(OH)–C–C–N with tert-alkyl or cyclic N) is 2. The molecule has 0 radical (unpaired) electrons. The van der Waals surface area contributed by atoms with Gasteiger partial charge >= 0.3 is 0 Å². The number of hydrogen-bond donors (Lipinski definition) is 5. The number of aryl methyl sites for hydroxylation is 1. The van der Waals surface area contributed by atoms with Crippen molar-refractivity contribution in [3.05, 3.63) is 94.5 Å². The molecule has 7 rings (SSSR count). The van der Waals surface area contributed by atoms with Gasteiger partial charge in [0.1, 0.15) is 43.1 Å². The maximum atomic E-state index is 13.9. The lowest BCUT2D eigenvalue weighted by atomic mass is 9.85. The minimum atomic E-state index is -0.979. The second-order valence-corrected chi connectivity index (χ2v) is 21.5. The van der Waals surface area contributed by atoms with Crippen molar-refractivity contribution in [2.24, 2.45) is 5.41 Å². The van der Waals surface area contributed by atoms with Crippen molar-refractivity contribution in [2.45, 2.75) is 96.8 Å². The summed E-state index contributed by atoms with van der Waals surface area (Å²) in [5.41, 5.74) is 6.90. The van der Waals surface area contributed by atoms with Crippen LogP contribution in [0.4, 0.5) is 5.82 Å². The van der Waals surface area contributed by atoms with E-state index in [0.717, 1.165) is 41.2 Å². The molecule has 4 atom stereocenters. The molecule has 2 fully saturated rings. The van der Waals surface area contributed by atoms with Crippen LogP contribution in [-0.2, 0) is 62.4 Å². The number of aliphatic hydroxyl groups excluding tert-OH is 2. The third-order valence-corrected chi connectivity index (χ3v) is 14.6. The molecule has 2 aromatic carbocycles. The Morgan fingerprint density at radius 3 is 2.16 bits per heavy atom.